The van der Waals surface area contributed by atoms with E-state index in [1.165, 1.54) is 37.2 Å². The zero-order valence-electron chi connectivity index (χ0n) is 45.6. The number of cyclic esters (lactones) is 1. The monoisotopic (exact) mass is 1060 g/mol. The first kappa shape index (κ1) is 60.9. The number of hydrogen-bond donors (Lipinski definition) is 4. The van der Waals surface area contributed by atoms with Gasteiger partial charge in [0.25, 0.3) is 11.7 Å². The van der Waals surface area contributed by atoms with Crippen molar-refractivity contribution in [1.29, 1.82) is 0 Å². The molecule has 416 valence electrons. The average Bonchev–Trinajstić information content (AvgIpc) is 3.72. The van der Waals surface area contributed by atoms with E-state index in [0.717, 1.165) is 6.42 Å². The molecule has 1 amide bonds. The molecule has 5 N–H and O–H groups in total. The van der Waals surface area contributed by atoms with Gasteiger partial charge in [-0.1, -0.05) is 74.9 Å². The van der Waals surface area contributed by atoms with Crippen LogP contribution in [0.4, 0.5) is 0 Å². The van der Waals surface area contributed by atoms with Crippen LogP contribution in [0.3, 0.4) is 0 Å². The van der Waals surface area contributed by atoms with E-state index in [1.807, 2.05) is 26.0 Å². The quantitative estimate of drug-likeness (QED) is 0.133. The summed E-state index contributed by atoms with van der Waals surface area (Å²) in [5.74, 6) is -7.17. The number of amides is 1. The van der Waals surface area contributed by atoms with Gasteiger partial charge in [0, 0.05) is 51.7 Å². The fourth-order valence-electron chi connectivity index (χ4n) is 11.4. The van der Waals surface area contributed by atoms with Crippen LogP contribution in [0.15, 0.2) is 57.0 Å². The Hall–Kier alpha value is -3.92. The molecule has 3 aliphatic heterocycles. The van der Waals surface area contributed by atoms with Crippen LogP contribution < -0.4 is 5.73 Å². The van der Waals surface area contributed by atoms with Gasteiger partial charge in [-0.25, -0.2) is 13.2 Å². The molecule has 1 saturated carbocycles. The Bertz CT molecular complexity index is 2310. The molecule has 18 nitrogen and oxygen atoms in total. The number of sulfonamides is 1. The number of nitrogens with two attached hydrogens (primary N) is 1. The molecule has 2 bridgehead atoms. The number of aryl methyl sites for hydroxylation is 2. The van der Waals surface area contributed by atoms with Gasteiger partial charge in [-0.15, -0.1) is 0 Å². The van der Waals surface area contributed by atoms with Gasteiger partial charge in [0.05, 0.1) is 18.3 Å². The van der Waals surface area contributed by atoms with Crippen molar-refractivity contribution in [2.24, 2.45) is 35.3 Å². The van der Waals surface area contributed by atoms with Crippen LogP contribution in [0.2, 0.25) is 0 Å². The average molecular weight is 1060 g/mol. The molecule has 19 heteroatoms. The standard InChI is InChI=1S/C55H86N4O14S/c1-32-17-13-12-14-18-33(2)44(58(9)74(67,68)51-38(7)57-73-39(51)8)31-42-23-20-37(6)55(66,72-42)52(63)53(64)59-26-16-15-19-43(59)54(65)71-46(34(3)28-40-21-24-45(60)47(30-40)69-10)25-22-41(56)29-36(5)49(62)50(70-11)48(61)35(4)27-32/h12-14,17-18,29,32,34-35,37,40-47,49-50,60,62,66H,15-16,19-28,30-31,56H2,1-11H3/b14-12+,17-13+,33-18+,36-29+/t32-,34-,35?,37?,40?,41+,42+,43?,44-,45-,46+,47?,49?,50+,55?/m1/s1. The van der Waals surface area contributed by atoms with Crippen LogP contribution in [0.1, 0.15) is 136 Å². The van der Waals surface area contributed by atoms with Gasteiger partial charge in [-0.05, 0) is 134 Å². The maximum Gasteiger partial charge on any atom is 0.329 e. The number of piperidine rings is 1. The highest BCUT2D eigenvalue weighted by Gasteiger charge is 2.53. The fraction of sp³-hybridized carbons (Fsp3) is 0.727. The van der Waals surface area contributed by atoms with Crippen molar-refractivity contribution in [2.75, 3.05) is 27.8 Å². The molecule has 1 aromatic heterocycles. The number of ether oxygens (including phenoxy) is 4. The van der Waals surface area contributed by atoms with E-state index in [2.05, 4.69) is 5.16 Å². The number of rotatable bonds is 8. The zero-order chi connectivity index (χ0) is 54.8. The first-order valence-corrected chi connectivity index (χ1v) is 28.1. The van der Waals surface area contributed by atoms with Gasteiger partial charge >= 0.3 is 5.97 Å². The van der Waals surface area contributed by atoms with Crippen LogP contribution >= 0.6 is 0 Å². The van der Waals surface area contributed by atoms with Crippen LogP contribution in [0.5, 0.6) is 0 Å². The van der Waals surface area contributed by atoms with E-state index in [9.17, 15) is 42.9 Å². The number of ketones is 2. The summed E-state index contributed by atoms with van der Waals surface area (Å²) in [7, 11) is 0.167. The van der Waals surface area contributed by atoms with Gasteiger partial charge < -0.3 is 49.4 Å². The maximum atomic E-state index is 14.5. The second kappa shape index (κ2) is 26.9. The minimum atomic E-state index is -4.23. The van der Waals surface area contributed by atoms with E-state index >= 15 is 0 Å². The molecule has 4 heterocycles. The molecule has 4 aliphatic rings. The molecule has 1 aromatic rings. The molecular formula is C55H86N4O14S. The Morgan fingerprint density at radius 3 is 2.28 bits per heavy atom. The molecule has 74 heavy (non-hydrogen) atoms. The zero-order valence-corrected chi connectivity index (χ0v) is 46.4. The number of hydrogen-bond acceptors (Lipinski definition) is 16. The van der Waals surface area contributed by atoms with Crippen molar-refractivity contribution >= 4 is 33.5 Å². The van der Waals surface area contributed by atoms with Crippen molar-refractivity contribution in [3.63, 3.8) is 0 Å². The summed E-state index contributed by atoms with van der Waals surface area (Å²) in [4.78, 5) is 58.5. The van der Waals surface area contributed by atoms with Crippen molar-refractivity contribution in [1.82, 2.24) is 14.4 Å². The van der Waals surface area contributed by atoms with E-state index in [1.54, 1.807) is 59.1 Å². The molecule has 7 unspecified atom stereocenters. The Morgan fingerprint density at radius 2 is 1.62 bits per heavy atom. The molecule has 15 atom stereocenters. The number of nitrogens with zero attached hydrogens (tertiary/aromatic N) is 3. The third kappa shape index (κ3) is 14.8. The van der Waals surface area contributed by atoms with E-state index in [-0.39, 0.29) is 71.8 Å². The second-order valence-electron chi connectivity index (χ2n) is 21.8. The Morgan fingerprint density at radius 1 is 0.905 bits per heavy atom. The van der Waals surface area contributed by atoms with Crippen LogP contribution in [0.25, 0.3) is 0 Å². The predicted molar refractivity (Wildman–Crippen MR) is 277 cm³/mol. The number of Topliss-reactive ketones (excluding diaryl/α,β-unsaturated/α-hetero) is 2. The number of likely N-dealkylation sites (N-methyl/N-ethyl adjacent to an activating group) is 1. The number of aliphatic hydroxyl groups is 3. The summed E-state index contributed by atoms with van der Waals surface area (Å²) in [6.45, 7) is 13.9. The summed E-state index contributed by atoms with van der Waals surface area (Å²) in [5.41, 5.74) is 7.93. The lowest BCUT2D eigenvalue weighted by atomic mass is 9.78. The van der Waals surface area contributed by atoms with Crippen molar-refractivity contribution < 1.29 is 66.4 Å². The summed E-state index contributed by atoms with van der Waals surface area (Å²) < 4.78 is 59.0. The number of fused-ring (bicyclic) bond motifs is 3. The van der Waals surface area contributed by atoms with Gasteiger partial charge in [0.15, 0.2) is 11.5 Å². The van der Waals surface area contributed by atoms with Gasteiger partial charge in [-0.2, -0.15) is 4.31 Å². The van der Waals surface area contributed by atoms with Crippen molar-refractivity contribution in [3.8, 4) is 0 Å². The Kier molecular flexibility index (Phi) is 22.2. The molecule has 0 aromatic carbocycles. The molecule has 0 spiro atoms. The third-order valence-electron chi connectivity index (χ3n) is 16.1. The minimum Gasteiger partial charge on any atom is -0.461 e. The lowest BCUT2D eigenvalue weighted by Crippen LogP contribution is -2.61. The number of carbonyl (C=O) groups is 4. The molecule has 5 rings (SSSR count). The smallest absolute Gasteiger partial charge is 0.329 e. The highest BCUT2D eigenvalue weighted by atomic mass is 32.2. The van der Waals surface area contributed by atoms with Crippen LogP contribution in [0, 0.1) is 43.4 Å². The number of carbonyl (C=O) groups excluding carboxylic acids is 4. The van der Waals surface area contributed by atoms with E-state index in [4.69, 9.17) is 29.2 Å². The normalized spacial score (nSPS) is 37.2. The topological polar surface area (TPSA) is 259 Å². The SMILES string of the molecule is COC1CC(C[C@@H](C)[C@@H]2CC[C@H](N)/C=C(\C)C(O)[C@@H](OC)C(=O)C(C)C[C@H](C)/C=C/C=C/C=C(\C)[C@H](N(C)S(=O)(=O)c3c(C)noc3C)C[C@@H]3CCC(C)C(O)(O3)C(=O)C(=O)N3CCCCC3C(=O)O2)CC[C@H]1O. The number of aromatic nitrogens is 1. The number of methoxy groups -OCH3 is 2. The second-order valence-corrected chi connectivity index (χ2v) is 23.8. The Balaban J connectivity index is 1.52. The van der Waals surface area contributed by atoms with Crippen molar-refractivity contribution in [2.45, 2.75) is 204 Å². The first-order chi connectivity index (χ1) is 34.8. The van der Waals surface area contributed by atoms with Crippen molar-refractivity contribution in [3.05, 3.63) is 59.1 Å². The lowest BCUT2D eigenvalue weighted by Gasteiger charge is -2.43. The van der Waals surface area contributed by atoms with Gasteiger partial charge in [0.2, 0.25) is 15.8 Å². The number of aliphatic hydroxyl groups excluding tert-OH is 2. The van der Waals surface area contributed by atoms with E-state index in [0.29, 0.717) is 68.9 Å². The molecule has 3 fully saturated rings. The number of allylic oxidation sites excluding steroid dienone is 5. The molecule has 0 radical (unpaired) electrons. The largest absolute Gasteiger partial charge is 0.461 e. The highest BCUT2D eigenvalue weighted by Crippen LogP contribution is 2.39. The first-order valence-electron chi connectivity index (χ1n) is 26.6. The predicted octanol–water partition coefficient (Wildman–Crippen LogP) is 5.97. The van der Waals surface area contributed by atoms with Gasteiger partial charge in [-0.3, -0.25) is 14.4 Å². The Labute approximate surface area is 439 Å². The molecule has 1 aliphatic carbocycles. The summed E-state index contributed by atoms with van der Waals surface area (Å²) in [5, 5.41) is 38.2. The van der Waals surface area contributed by atoms with Gasteiger partial charge in [0.1, 0.15) is 34.9 Å². The number of esters is 1. The van der Waals surface area contributed by atoms with Crippen LogP contribution in [-0.4, -0.2) is 150 Å². The minimum absolute atomic E-state index is 0.00770. The summed E-state index contributed by atoms with van der Waals surface area (Å²) in [6.07, 6.45) is 11.4. The highest BCUT2D eigenvalue weighted by molar-refractivity contribution is 7.89. The third-order valence-corrected chi connectivity index (χ3v) is 18.2. The van der Waals surface area contributed by atoms with Crippen LogP contribution in [-0.2, 0) is 48.1 Å². The molecular weight excluding hydrogens is 973 g/mol. The lowest BCUT2D eigenvalue weighted by molar-refractivity contribution is -0.264. The molecule has 2 saturated heterocycles. The van der Waals surface area contributed by atoms with E-state index < -0.39 is 94.0 Å². The maximum absolute atomic E-state index is 14.5. The summed E-state index contributed by atoms with van der Waals surface area (Å²) >= 11 is 0. The fourth-order valence-corrected chi connectivity index (χ4v) is 13.1. The summed E-state index contributed by atoms with van der Waals surface area (Å²) in [6, 6.07) is -2.64.